The maximum atomic E-state index is 11.9. The lowest BCUT2D eigenvalue weighted by atomic mass is 9.84. The van der Waals surface area contributed by atoms with Crippen LogP contribution in [0.25, 0.3) is 0 Å². The Bertz CT molecular complexity index is 594. The number of fused-ring (bicyclic) bond motifs is 1. The number of nitrogens with zero attached hydrogens (tertiary/aromatic N) is 1. The highest BCUT2D eigenvalue weighted by molar-refractivity contribution is 6.06. The van der Waals surface area contributed by atoms with Crippen LogP contribution in [0.3, 0.4) is 0 Å². The Morgan fingerprint density at radius 3 is 2.67 bits per heavy atom. The van der Waals surface area contributed by atoms with Crippen LogP contribution in [-0.4, -0.2) is 42.4 Å². The van der Waals surface area contributed by atoms with E-state index in [2.05, 4.69) is 4.90 Å². The van der Waals surface area contributed by atoms with Crippen LogP contribution in [-0.2, 0) is 9.53 Å². The van der Waals surface area contributed by atoms with Gasteiger partial charge in [-0.05, 0) is 44.8 Å². The molecule has 3 rings (SSSR count). The molecule has 1 aromatic carbocycles. The van der Waals surface area contributed by atoms with E-state index in [-0.39, 0.29) is 5.78 Å². The first-order chi connectivity index (χ1) is 11.7. The lowest BCUT2D eigenvalue weighted by Crippen LogP contribution is -2.49. The topological polar surface area (TPSA) is 46.6 Å². The first-order valence-corrected chi connectivity index (χ1v) is 8.92. The second-order valence-electron chi connectivity index (χ2n) is 6.70. The number of hydrogen-bond donors (Lipinski definition) is 0. The van der Waals surface area contributed by atoms with E-state index >= 15 is 0 Å². The van der Waals surface area contributed by atoms with E-state index in [9.17, 15) is 9.59 Å². The van der Waals surface area contributed by atoms with Gasteiger partial charge < -0.3 is 4.74 Å². The van der Waals surface area contributed by atoms with Crippen LogP contribution in [0.4, 0.5) is 0 Å². The molecule has 4 heteroatoms. The zero-order chi connectivity index (χ0) is 16.8. The molecule has 2 saturated heterocycles. The number of rotatable bonds is 5. The molecule has 24 heavy (non-hydrogen) atoms. The zero-order valence-corrected chi connectivity index (χ0v) is 14.0. The monoisotopic (exact) mass is 327 g/mol. The molecule has 0 saturated carbocycles. The van der Waals surface area contributed by atoms with Gasteiger partial charge in [0.25, 0.3) is 0 Å². The van der Waals surface area contributed by atoms with Gasteiger partial charge in [0.1, 0.15) is 0 Å². The second kappa shape index (κ2) is 8.25. The summed E-state index contributed by atoms with van der Waals surface area (Å²) in [6.07, 6.45) is 8.62. The maximum absolute atomic E-state index is 11.9. The quantitative estimate of drug-likeness (QED) is 0.473. The Morgan fingerprint density at radius 2 is 1.83 bits per heavy atom. The molecule has 1 aromatic rings. The third-order valence-electron chi connectivity index (χ3n) is 5.10. The molecule has 4 nitrogen and oxygen atoms in total. The van der Waals surface area contributed by atoms with Gasteiger partial charge in [-0.3, -0.25) is 9.69 Å². The van der Waals surface area contributed by atoms with E-state index in [1.165, 1.54) is 50.9 Å². The summed E-state index contributed by atoms with van der Waals surface area (Å²) in [4.78, 5) is 26.4. The number of ketones is 1. The number of esters is 1. The normalized spacial score (nSPS) is 24.5. The van der Waals surface area contributed by atoms with Gasteiger partial charge >= 0.3 is 5.97 Å². The number of piperidine rings is 2. The van der Waals surface area contributed by atoms with Crippen molar-refractivity contribution in [2.75, 3.05) is 19.7 Å². The van der Waals surface area contributed by atoms with Crippen molar-refractivity contribution >= 4 is 11.8 Å². The van der Waals surface area contributed by atoms with Gasteiger partial charge in [-0.1, -0.05) is 36.8 Å². The number of benzene rings is 1. The predicted octanol–water partition coefficient (Wildman–Crippen LogP) is 3.23. The van der Waals surface area contributed by atoms with Crippen molar-refractivity contribution in [1.82, 2.24) is 4.90 Å². The van der Waals surface area contributed by atoms with Gasteiger partial charge in [0.2, 0.25) is 0 Å². The summed E-state index contributed by atoms with van der Waals surface area (Å²) in [6, 6.07) is 9.50. The standard InChI is InChI=1S/C20H25NO3/c22-19(16-7-2-1-3-8-16)11-12-20(23)24-15-17-9-6-14-21-13-5-4-10-18(17)21/h1-3,7-8,11-12,17-18H,4-6,9-10,13-15H2. The first kappa shape index (κ1) is 16.9. The smallest absolute Gasteiger partial charge is 0.330 e. The van der Waals surface area contributed by atoms with Crippen LogP contribution in [0.15, 0.2) is 42.5 Å². The third kappa shape index (κ3) is 4.32. The lowest BCUT2D eigenvalue weighted by Gasteiger charge is -2.44. The van der Waals surface area contributed by atoms with Crippen molar-refractivity contribution in [2.45, 2.75) is 38.1 Å². The van der Waals surface area contributed by atoms with Gasteiger partial charge in [0.15, 0.2) is 5.78 Å². The number of ether oxygens (including phenoxy) is 1. The molecule has 0 radical (unpaired) electrons. The van der Waals surface area contributed by atoms with Gasteiger partial charge in [-0.25, -0.2) is 4.79 Å². The highest BCUT2D eigenvalue weighted by atomic mass is 16.5. The summed E-state index contributed by atoms with van der Waals surface area (Å²) in [5.41, 5.74) is 0.576. The van der Waals surface area contributed by atoms with Crippen molar-refractivity contribution in [3.8, 4) is 0 Å². The van der Waals surface area contributed by atoms with Crippen LogP contribution >= 0.6 is 0 Å². The molecule has 128 valence electrons. The van der Waals surface area contributed by atoms with Gasteiger partial charge in [0.05, 0.1) is 6.61 Å². The van der Waals surface area contributed by atoms with Crippen LogP contribution in [0.5, 0.6) is 0 Å². The van der Waals surface area contributed by atoms with Crippen molar-refractivity contribution in [3.63, 3.8) is 0 Å². The molecule has 0 amide bonds. The molecule has 0 N–H and O–H groups in total. The van der Waals surface area contributed by atoms with E-state index in [0.29, 0.717) is 24.1 Å². The van der Waals surface area contributed by atoms with Crippen molar-refractivity contribution in [3.05, 3.63) is 48.0 Å². The Kier molecular flexibility index (Phi) is 5.81. The molecular weight excluding hydrogens is 302 g/mol. The average molecular weight is 327 g/mol. The second-order valence-corrected chi connectivity index (χ2v) is 6.70. The highest BCUT2D eigenvalue weighted by Crippen LogP contribution is 2.30. The van der Waals surface area contributed by atoms with E-state index in [1.54, 1.807) is 24.3 Å². The summed E-state index contributed by atoms with van der Waals surface area (Å²) >= 11 is 0. The molecule has 0 aromatic heterocycles. The Hall–Kier alpha value is -1.94. The minimum absolute atomic E-state index is 0.177. The van der Waals surface area contributed by atoms with Gasteiger partial charge in [0, 0.05) is 23.6 Å². The molecule has 2 fully saturated rings. The molecule has 0 bridgehead atoms. The fraction of sp³-hybridized carbons (Fsp3) is 0.500. The Balaban J connectivity index is 1.48. The average Bonchev–Trinajstić information content (AvgIpc) is 2.65. The summed E-state index contributed by atoms with van der Waals surface area (Å²) in [6.45, 7) is 2.82. The molecule has 2 aliphatic rings. The highest BCUT2D eigenvalue weighted by Gasteiger charge is 2.33. The number of allylic oxidation sites excluding steroid dienone is 1. The predicted molar refractivity (Wildman–Crippen MR) is 92.8 cm³/mol. The summed E-state index contributed by atoms with van der Waals surface area (Å²) < 4.78 is 5.41. The first-order valence-electron chi connectivity index (χ1n) is 8.92. The van der Waals surface area contributed by atoms with Crippen LogP contribution in [0, 0.1) is 5.92 Å². The fourth-order valence-electron chi connectivity index (χ4n) is 3.85. The van der Waals surface area contributed by atoms with E-state index in [4.69, 9.17) is 4.74 Å². The van der Waals surface area contributed by atoms with Crippen LogP contribution in [0.2, 0.25) is 0 Å². The van der Waals surface area contributed by atoms with Crippen molar-refractivity contribution in [2.24, 2.45) is 5.92 Å². The molecule has 2 heterocycles. The van der Waals surface area contributed by atoms with E-state index in [0.717, 1.165) is 6.42 Å². The largest absolute Gasteiger partial charge is 0.462 e. The number of hydrogen-bond acceptors (Lipinski definition) is 4. The Labute approximate surface area is 143 Å². The SMILES string of the molecule is O=C(C=CC(=O)c1ccccc1)OCC1CCCN2CCCCC12. The molecule has 0 aliphatic carbocycles. The van der Waals surface area contributed by atoms with Gasteiger partial charge in [-0.15, -0.1) is 0 Å². The number of carbonyl (C=O) groups is 2. The fourth-order valence-corrected chi connectivity index (χ4v) is 3.85. The molecule has 2 aliphatic heterocycles. The van der Waals surface area contributed by atoms with Crippen molar-refractivity contribution in [1.29, 1.82) is 0 Å². The van der Waals surface area contributed by atoms with Crippen LogP contribution in [0.1, 0.15) is 42.5 Å². The summed E-state index contributed by atoms with van der Waals surface area (Å²) in [5.74, 6) is -0.169. The van der Waals surface area contributed by atoms with Crippen LogP contribution < -0.4 is 0 Å². The molecule has 2 unspecified atom stereocenters. The summed E-state index contributed by atoms with van der Waals surface area (Å²) in [7, 11) is 0. The molecular formula is C20H25NO3. The zero-order valence-electron chi connectivity index (χ0n) is 14.0. The lowest BCUT2D eigenvalue weighted by molar-refractivity contribution is -0.140. The number of carbonyl (C=O) groups excluding carboxylic acids is 2. The molecule has 0 spiro atoms. The summed E-state index contributed by atoms with van der Waals surface area (Å²) in [5, 5.41) is 0. The third-order valence-corrected chi connectivity index (χ3v) is 5.10. The van der Waals surface area contributed by atoms with Gasteiger partial charge in [-0.2, -0.15) is 0 Å². The Morgan fingerprint density at radius 1 is 1.04 bits per heavy atom. The van der Waals surface area contributed by atoms with E-state index < -0.39 is 5.97 Å². The minimum atomic E-state index is -0.424. The van der Waals surface area contributed by atoms with E-state index in [1.807, 2.05) is 6.07 Å². The maximum Gasteiger partial charge on any atom is 0.330 e. The minimum Gasteiger partial charge on any atom is -0.462 e. The van der Waals surface area contributed by atoms with Crippen molar-refractivity contribution < 1.29 is 14.3 Å². The molecule has 2 atom stereocenters.